The zero-order valence-electron chi connectivity index (χ0n) is 18.9. The van der Waals surface area contributed by atoms with E-state index in [2.05, 4.69) is 11.4 Å². The van der Waals surface area contributed by atoms with Crippen LogP contribution in [0.15, 0.2) is 24.3 Å². The van der Waals surface area contributed by atoms with Gasteiger partial charge in [0.2, 0.25) is 0 Å². The number of hydrogen-bond donors (Lipinski definition) is 1. The van der Waals surface area contributed by atoms with Crippen LogP contribution < -0.4 is 10.1 Å². The van der Waals surface area contributed by atoms with Crippen molar-refractivity contribution in [3.8, 4) is 11.8 Å². The topological polar surface area (TPSA) is 102 Å². The number of benzene rings is 1. The first kappa shape index (κ1) is 21.4. The Bertz CT molecular complexity index is 1250. The number of anilines is 2. The van der Waals surface area contributed by atoms with E-state index < -0.39 is 0 Å². The van der Waals surface area contributed by atoms with Crippen LogP contribution in [0.25, 0.3) is 11.2 Å². The molecule has 1 saturated carbocycles. The summed E-state index contributed by atoms with van der Waals surface area (Å²) in [6.07, 6.45) is 5.16. The van der Waals surface area contributed by atoms with Crippen molar-refractivity contribution in [3.05, 3.63) is 41.3 Å². The van der Waals surface area contributed by atoms with Crippen molar-refractivity contribution < 1.29 is 14.3 Å². The molecule has 3 aromatic rings. The van der Waals surface area contributed by atoms with Crippen LogP contribution in [0.1, 0.15) is 55.4 Å². The van der Waals surface area contributed by atoms with Gasteiger partial charge in [-0.3, -0.25) is 9.36 Å². The number of carbonyl (C=O) groups excluding carboxylic acids is 1. The number of carbonyl (C=O) groups is 1. The molecule has 1 aliphatic heterocycles. The molecule has 0 spiro atoms. The van der Waals surface area contributed by atoms with Crippen LogP contribution in [-0.2, 0) is 16.0 Å². The average Bonchev–Trinajstić information content (AvgIpc) is 3.62. The van der Waals surface area contributed by atoms with E-state index in [1.165, 1.54) is 0 Å². The number of Topliss-reactive ketones (excluding diaryl/α,β-unsaturated/α-hetero) is 1. The highest BCUT2D eigenvalue weighted by atomic mass is 16.5. The first-order chi connectivity index (χ1) is 16.1. The molecule has 5 rings (SSSR count). The van der Waals surface area contributed by atoms with E-state index >= 15 is 0 Å². The van der Waals surface area contributed by atoms with Gasteiger partial charge < -0.3 is 14.8 Å². The molecular formula is C25H27N5O3. The first-order valence-electron chi connectivity index (χ1n) is 11.5. The van der Waals surface area contributed by atoms with Crippen molar-refractivity contribution in [1.82, 2.24) is 14.5 Å². The van der Waals surface area contributed by atoms with Gasteiger partial charge in [-0.25, -0.2) is 9.97 Å². The molecule has 2 fully saturated rings. The number of aromatic nitrogens is 3. The number of aryl methyl sites for hydroxylation is 1. The summed E-state index contributed by atoms with van der Waals surface area (Å²) < 4.78 is 13.6. The summed E-state index contributed by atoms with van der Waals surface area (Å²) in [5, 5.41) is 12.9. The van der Waals surface area contributed by atoms with Crippen molar-refractivity contribution in [2.24, 2.45) is 5.92 Å². The summed E-state index contributed by atoms with van der Waals surface area (Å²) in [5.41, 5.74) is 3.94. The van der Waals surface area contributed by atoms with Gasteiger partial charge in [0.25, 0.3) is 0 Å². The quantitative estimate of drug-likeness (QED) is 0.568. The van der Waals surface area contributed by atoms with Crippen molar-refractivity contribution in [2.75, 3.05) is 19.0 Å². The molecule has 0 bridgehead atoms. The first-order valence-corrected chi connectivity index (χ1v) is 11.5. The summed E-state index contributed by atoms with van der Waals surface area (Å²) in [4.78, 5) is 22.3. The fourth-order valence-electron chi connectivity index (χ4n) is 4.50. The van der Waals surface area contributed by atoms with Crippen LogP contribution in [0.4, 0.5) is 11.4 Å². The van der Waals surface area contributed by atoms with E-state index in [1.54, 1.807) is 19.2 Å². The summed E-state index contributed by atoms with van der Waals surface area (Å²) in [7, 11) is 1.54. The summed E-state index contributed by atoms with van der Waals surface area (Å²) in [6.45, 7) is 2.67. The highest BCUT2D eigenvalue weighted by Crippen LogP contribution is 2.36. The number of nitrogens with zero attached hydrogens (tertiary/aromatic N) is 4. The number of nitriles is 1. The Morgan fingerprint density at radius 2 is 2.12 bits per heavy atom. The number of imidazole rings is 1. The standard InChI is InChI=1S/C25H27N5O3/c1-15-27-23-20(29-19-7-5-6-17(14-26)24(19)32-2)12-18(13-21(31)16-9-10-16)28-25(23)30(15)22-8-3-4-11-33-22/h5-7,12,16,22H,3-4,8-11,13H2,1-2H3,(H,28,29). The van der Waals surface area contributed by atoms with Gasteiger partial charge in [-0.2, -0.15) is 5.26 Å². The zero-order chi connectivity index (χ0) is 22.9. The second-order valence-corrected chi connectivity index (χ2v) is 8.72. The number of ether oxygens (including phenoxy) is 2. The highest BCUT2D eigenvalue weighted by Gasteiger charge is 2.30. The second-order valence-electron chi connectivity index (χ2n) is 8.72. The van der Waals surface area contributed by atoms with Crippen LogP contribution in [0.3, 0.4) is 0 Å². The van der Waals surface area contributed by atoms with Gasteiger partial charge in [0.1, 0.15) is 29.4 Å². The molecule has 2 aromatic heterocycles. The number of nitrogens with one attached hydrogen (secondary N) is 1. The van der Waals surface area contributed by atoms with E-state index in [0.717, 1.165) is 43.6 Å². The molecule has 0 amide bonds. The van der Waals surface area contributed by atoms with Crippen molar-refractivity contribution in [3.63, 3.8) is 0 Å². The number of ketones is 1. The van der Waals surface area contributed by atoms with Gasteiger partial charge in [0, 0.05) is 18.9 Å². The molecule has 8 heteroatoms. The Kier molecular flexibility index (Phi) is 5.73. The summed E-state index contributed by atoms with van der Waals surface area (Å²) in [6, 6.07) is 9.43. The van der Waals surface area contributed by atoms with Crippen LogP contribution >= 0.6 is 0 Å². The molecule has 1 aliphatic carbocycles. The molecule has 8 nitrogen and oxygen atoms in total. The third-order valence-electron chi connectivity index (χ3n) is 6.32. The second kappa shape index (κ2) is 8.83. The number of pyridine rings is 1. The molecule has 2 aliphatic rings. The van der Waals surface area contributed by atoms with Crippen molar-refractivity contribution in [2.45, 2.75) is 51.7 Å². The Balaban J connectivity index is 1.62. The van der Waals surface area contributed by atoms with E-state index in [-0.39, 0.29) is 17.9 Å². The fraction of sp³-hybridized carbons (Fsp3) is 0.440. The van der Waals surface area contributed by atoms with Crippen LogP contribution in [-0.4, -0.2) is 34.0 Å². The Labute approximate surface area is 192 Å². The smallest absolute Gasteiger partial charge is 0.164 e. The van der Waals surface area contributed by atoms with Gasteiger partial charge in [0.15, 0.2) is 11.4 Å². The molecular weight excluding hydrogens is 418 g/mol. The maximum absolute atomic E-state index is 12.6. The number of rotatable bonds is 7. The normalized spacial score (nSPS) is 18.2. The van der Waals surface area contributed by atoms with Crippen LogP contribution in [0.5, 0.6) is 5.75 Å². The summed E-state index contributed by atoms with van der Waals surface area (Å²) in [5.74, 6) is 1.68. The van der Waals surface area contributed by atoms with Crippen LogP contribution in [0.2, 0.25) is 0 Å². The maximum atomic E-state index is 12.6. The van der Waals surface area contributed by atoms with Gasteiger partial charge in [-0.05, 0) is 57.2 Å². The minimum Gasteiger partial charge on any atom is -0.493 e. The highest BCUT2D eigenvalue weighted by molar-refractivity contribution is 5.91. The fourth-order valence-corrected chi connectivity index (χ4v) is 4.50. The Hall–Kier alpha value is -3.44. The van der Waals surface area contributed by atoms with Crippen LogP contribution in [0, 0.1) is 24.2 Å². The summed E-state index contributed by atoms with van der Waals surface area (Å²) >= 11 is 0. The van der Waals surface area contributed by atoms with Gasteiger partial charge >= 0.3 is 0 Å². The molecule has 0 radical (unpaired) electrons. The molecule has 1 atom stereocenters. The van der Waals surface area contributed by atoms with E-state index in [9.17, 15) is 10.1 Å². The molecule has 1 N–H and O–H groups in total. The lowest BCUT2D eigenvalue weighted by atomic mass is 10.1. The molecule has 3 heterocycles. The number of fused-ring (bicyclic) bond motifs is 1. The maximum Gasteiger partial charge on any atom is 0.164 e. The van der Waals surface area contributed by atoms with Crippen molar-refractivity contribution in [1.29, 1.82) is 5.26 Å². The lowest BCUT2D eigenvalue weighted by Gasteiger charge is -2.25. The molecule has 33 heavy (non-hydrogen) atoms. The monoisotopic (exact) mass is 445 g/mol. The Morgan fingerprint density at radius 3 is 2.82 bits per heavy atom. The van der Waals surface area contributed by atoms with E-state index in [1.807, 2.05) is 23.6 Å². The third-order valence-corrected chi connectivity index (χ3v) is 6.32. The van der Waals surface area contributed by atoms with E-state index in [4.69, 9.17) is 19.4 Å². The number of para-hydroxylation sites is 1. The SMILES string of the molecule is COc1c(C#N)cccc1Nc1cc(CC(=O)C2CC2)nc2c1nc(C)n2C1CCCCO1. The average molecular weight is 446 g/mol. The lowest BCUT2D eigenvalue weighted by Crippen LogP contribution is -2.19. The largest absolute Gasteiger partial charge is 0.493 e. The van der Waals surface area contributed by atoms with Crippen molar-refractivity contribution >= 4 is 28.3 Å². The molecule has 1 unspecified atom stereocenters. The van der Waals surface area contributed by atoms with Gasteiger partial charge in [-0.1, -0.05) is 6.07 Å². The minimum absolute atomic E-state index is 0.116. The predicted octanol–water partition coefficient (Wildman–Crippen LogP) is 4.58. The Morgan fingerprint density at radius 1 is 1.27 bits per heavy atom. The van der Waals surface area contributed by atoms with Gasteiger partial charge in [-0.15, -0.1) is 0 Å². The van der Waals surface area contributed by atoms with Gasteiger partial charge in [0.05, 0.1) is 29.7 Å². The number of hydrogen-bond acceptors (Lipinski definition) is 7. The number of methoxy groups -OCH3 is 1. The molecule has 1 saturated heterocycles. The molecule has 1 aromatic carbocycles. The zero-order valence-corrected chi connectivity index (χ0v) is 18.9. The van der Waals surface area contributed by atoms with E-state index in [0.29, 0.717) is 46.9 Å². The lowest BCUT2D eigenvalue weighted by molar-refractivity contribution is -0.119. The third kappa shape index (κ3) is 4.16. The predicted molar refractivity (Wildman–Crippen MR) is 124 cm³/mol. The molecule has 170 valence electrons. The minimum atomic E-state index is -0.116.